The number of carbonyl (C=O) groups is 1. The maximum atomic E-state index is 12.1. The summed E-state index contributed by atoms with van der Waals surface area (Å²) in [6.07, 6.45) is 2.55. The van der Waals surface area contributed by atoms with E-state index < -0.39 is 0 Å². The fourth-order valence-electron chi connectivity index (χ4n) is 2.87. The minimum Gasteiger partial charge on any atom is -0.497 e. The van der Waals surface area contributed by atoms with Crippen molar-refractivity contribution < 1.29 is 19.0 Å². The number of nitriles is 1. The summed E-state index contributed by atoms with van der Waals surface area (Å²) in [6.45, 7) is 0.410. The molecule has 0 bridgehead atoms. The number of halogens is 1. The first-order valence-electron chi connectivity index (χ1n) is 10.0. The third-order valence-corrected chi connectivity index (χ3v) is 4.80. The lowest BCUT2D eigenvalue weighted by Gasteiger charge is -2.07. The van der Waals surface area contributed by atoms with Crippen molar-refractivity contribution in [2.75, 3.05) is 13.7 Å². The molecule has 0 aliphatic heterocycles. The number of hydrogen-bond donors (Lipinski definition) is 0. The molecule has 162 valence electrons. The van der Waals surface area contributed by atoms with Crippen LogP contribution in [0.1, 0.15) is 24.0 Å². The molecule has 3 aromatic carbocycles. The van der Waals surface area contributed by atoms with Gasteiger partial charge in [0.1, 0.15) is 17.2 Å². The molecule has 0 aliphatic carbocycles. The highest BCUT2D eigenvalue weighted by Gasteiger charge is 2.06. The molecule has 3 aromatic rings. The maximum Gasteiger partial charge on any atom is 0.311 e. The van der Waals surface area contributed by atoms with Crippen LogP contribution >= 0.6 is 11.6 Å². The van der Waals surface area contributed by atoms with Crippen molar-refractivity contribution in [2.24, 2.45) is 0 Å². The van der Waals surface area contributed by atoms with Crippen molar-refractivity contribution in [2.45, 2.75) is 12.8 Å². The molecule has 0 radical (unpaired) electrons. The lowest BCUT2D eigenvalue weighted by atomic mass is 10.0. The fraction of sp³-hybridized carbons (Fsp3) is 0.154. The number of rotatable bonds is 9. The van der Waals surface area contributed by atoms with Gasteiger partial charge in [-0.15, -0.1) is 0 Å². The van der Waals surface area contributed by atoms with Crippen molar-refractivity contribution in [3.8, 4) is 23.3 Å². The van der Waals surface area contributed by atoms with Gasteiger partial charge in [-0.05, 0) is 72.2 Å². The molecule has 0 amide bonds. The highest BCUT2D eigenvalue weighted by atomic mass is 35.5. The Labute approximate surface area is 192 Å². The Bertz CT molecular complexity index is 1100. The Morgan fingerprint density at radius 3 is 2.19 bits per heavy atom. The van der Waals surface area contributed by atoms with Gasteiger partial charge in [-0.1, -0.05) is 35.9 Å². The van der Waals surface area contributed by atoms with Crippen molar-refractivity contribution in [3.63, 3.8) is 0 Å². The van der Waals surface area contributed by atoms with E-state index in [1.54, 1.807) is 61.7 Å². The summed E-state index contributed by atoms with van der Waals surface area (Å²) >= 11 is 5.90. The summed E-state index contributed by atoms with van der Waals surface area (Å²) in [5, 5.41) is 10.1. The molecule has 0 saturated heterocycles. The van der Waals surface area contributed by atoms with Crippen molar-refractivity contribution >= 4 is 29.2 Å². The molecule has 0 saturated carbocycles. The number of ether oxygens (including phenoxy) is 3. The van der Waals surface area contributed by atoms with Gasteiger partial charge in [0.15, 0.2) is 0 Å². The summed E-state index contributed by atoms with van der Waals surface area (Å²) in [4.78, 5) is 12.1. The molecule has 0 unspecified atom stereocenters. The van der Waals surface area contributed by atoms with Crippen LogP contribution in [0.5, 0.6) is 17.2 Å². The summed E-state index contributed by atoms with van der Waals surface area (Å²) in [7, 11) is 1.61. The molecule has 0 N–H and O–H groups in total. The first-order valence-corrected chi connectivity index (χ1v) is 10.4. The minimum absolute atomic E-state index is 0.243. The SMILES string of the molecule is COc1ccc(OCCCC(=O)Oc2ccc(/C=C(/C#N)c3ccc(Cl)cc3)cc2)cc1. The Hall–Kier alpha value is -3.75. The standard InChI is InChI=1S/C26H22ClNO4/c1-30-23-12-14-24(15-13-23)31-16-2-3-26(29)32-25-10-4-19(5-11-25)17-21(18-28)20-6-8-22(27)9-7-20/h4-15,17H,2-3,16H2,1H3/b21-17-. The van der Waals surface area contributed by atoms with E-state index >= 15 is 0 Å². The molecule has 0 fully saturated rings. The number of allylic oxidation sites excluding steroid dienone is 1. The Morgan fingerprint density at radius 1 is 0.938 bits per heavy atom. The normalized spacial score (nSPS) is 10.8. The molecule has 0 aromatic heterocycles. The van der Waals surface area contributed by atoms with Gasteiger partial charge in [-0.3, -0.25) is 4.79 Å². The Balaban J connectivity index is 1.47. The summed E-state index contributed by atoms with van der Waals surface area (Å²) < 4.78 is 16.1. The molecule has 3 rings (SSSR count). The van der Waals surface area contributed by atoms with Gasteiger partial charge in [0, 0.05) is 11.4 Å². The van der Waals surface area contributed by atoms with Crippen molar-refractivity contribution in [3.05, 3.63) is 88.9 Å². The van der Waals surface area contributed by atoms with Gasteiger partial charge < -0.3 is 14.2 Å². The average Bonchev–Trinajstić information content (AvgIpc) is 2.82. The van der Waals surface area contributed by atoms with Crippen LogP contribution in [0.4, 0.5) is 0 Å². The zero-order valence-corrected chi connectivity index (χ0v) is 18.3. The van der Waals surface area contributed by atoms with Crippen LogP contribution in [-0.2, 0) is 4.79 Å². The molecule has 32 heavy (non-hydrogen) atoms. The van der Waals surface area contributed by atoms with Crippen LogP contribution in [0.3, 0.4) is 0 Å². The van der Waals surface area contributed by atoms with Crippen LogP contribution in [0.15, 0.2) is 72.8 Å². The summed E-state index contributed by atoms with van der Waals surface area (Å²) in [5.74, 6) is 1.60. The van der Waals surface area contributed by atoms with Gasteiger partial charge in [-0.25, -0.2) is 0 Å². The number of methoxy groups -OCH3 is 1. The number of esters is 1. The van der Waals surface area contributed by atoms with E-state index in [-0.39, 0.29) is 12.4 Å². The van der Waals surface area contributed by atoms with E-state index in [4.69, 9.17) is 25.8 Å². The molecule has 5 nitrogen and oxygen atoms in total. The van der Waals surface area contributed by atoms with E-state index in [9.17, 15) is 10.1 Å². The zero-order valence-electron chi connectivity index (χ0n) is 17.6. The van der Waals surface area contributed by atoms with E-state index in [1.165, 1.54) is 0 Å². The lowest BCUT2D eigenvalue weighted by Crippen LogP contribution is -2.09. The maximum absolute atomic E-state index is 12.1. The molecule has 0 spiro atoms. The lowest BCUT2D eigenvalue weighted by molar-refractivity contribution is -0.134. The van der Waals surface area contributed by atoms with Gasteiger partial charge in [0.05, 0.1) is 25.4 Å². The highest BCUT2D eigenvalue weighted by Crippen LogP contribution is 2.22. The van der Waals surface area contributed by atoms with E-state index in [0.717, 1.165) is 22.6 Å². The van der Waals surface area contributed by atoms with Gasteiger partial charge in [0.25, 0.3) is 0 Å². The topological polar surface area (TPSA) is 68.6 Å². The van der Waals surface area contributed by atoms with Crippen LogP contribution in [0, 0.1) is 11.3 Å². The largest absolute Gasteiger partial charge is 0.497 e. The van der Waals surface area contributed by atoms with E-state index in [2.05, 4.69) is 6.07 Å². The van der Waals surface area contributed by atoms with Crippen LogP contribution in [0.2, 0.25) is 5.02 Å². The predicted molar refractivity (Wildman–Crippen MR) is 125 cm³/mol. The second-order valence-corrected chi connectivity index (χ2v) is 7.28. The van der Waals surface area contributed by atoms with E-state index in [1.807, 2.05) is 24.3 Å². The van der Waals surface area contributed by atoms with Gasteiger partial charge in [-0.2, -0.15) is 5.26 Å². The second kappa shape index (κ2) is 11.6. The minimum atomic E-state index is -0.328. The Kier molecular flexibility index (Phi) is 8.30. The number of hydrogen-bond acceptors (Lipinski definition) is 5. The predicted octanol–water partition coefficient (Wildman–Crippen LogP) is 6.18. The smallest absolute Gasteiger partial charge is 0.311 e. The molecule has 0 aliphatic rings. The number of nitrogens with zero attached hydrogens (tertiary/aromatic N) is 1. The quantitative estimate of drug-likeness (QED) is 0.129. The van der Waals surface area contributed by atoms with E-state index in [0.29, 0.717) is 29.4 Å². The van der Waals surface area contributed by atoms with Gasteiger partial charge in [0.2, 0.25) is 0 Å². The third-order valence-electron chi connectivity index (χ3n) is 4.55. The molecule has 6 heteroatoms. The molecular formula is C26H22ClNO4. The van der Waals surface area contributed by atoms with Crippen LogP contribution < -0.4 is 14.2 Å². The summed E-state index contributed by atoms with van der Waals surface area (Å²) in [5.41, 5.74) is 2.12. The van der Waals surface area contributed by atoms with Crippen molar-refractivity contribution in [1.82, 2.24) is 0 Å². The monoisotopic (exact) mass is 447 g/mol. The first kappa shape index (κ1) is 22.9. The molecule has 0 atom stereocenters. The van der Waals surface area contributed by atoms with Crippen LogP contribution in [-0.4, -0.2) is 19.7 Å². The summed E-state index contributed by atoms with van der Waals surface area (Å²) in [6, 6.07) is 23.5. The second-order valence-electron chi connectivity index (χ2n) is 6.85. The highest BCUT2D eigenvalue weighted by molar-refractivity contribution is 6.30. The van der Waals surface area contributed by atoms with Gasteiger partial charge >= 0.3 is 5.97 Å². The Morgan fingerprint density at radius 2 is 1.56 bits per heavy atom. The first-order chi connectivity index (χ1) is 15.6. The number of benzene rings is 3. The van der Waals surface area contributed by atoms with Crippen molar-refractivity contribution in [1.29, 1.82) is 5.26 Å². The average molecular weight is 448 g/mol. The zero-order chi connectivity index (χ0) is 22.8. The molecule has 0 heterocycles. The third kappa shape index (κ3) is 6.90. The van der Waals surface area contributed by atoms with Crippen LogP contribution in [0.25, 0.3) is 11.6 Å². The fourth-order valence-corrected chi connectivity index (χ4v) is 3.00. The number of carbonyl (C=O) groups excluding carboxylic acids is 1. The molecular weight excluding hydrogens is 426 g/mol.